The van der Waals surface area contributed by atoms with Crippen LogP contribution in [0.3, 0.4) is 0 Å². The van der Waals surface area contributed by atoms with Gasteiger partial charge in [-0.25, -0.2) is 0 Å². The number of nitrogens with one attached hydrogen (secondary N) is 1. The van der Waals surface area contributed by atoms with Crippen LogP contribution in [0.4, 0.5) is 0 Å². The summed E-state index contributed by atoms with van der Waals surface area (Å²) in [6.45, 7) is 1.19. The molecule has 0 aliphatic heterocycles. The lowest BCUT2D eigenvalue weighted by Crippen LogP contribution is -2.41. The van der Waals surface area contributed by atoms with Crippen molar-refractivity contribution < 1.29 is 14.7 Å². The van der Waals surface area contributed by atoms with Crippen LogP contribution in [0.2, 0.25) is 0 Å². The smallest absolute Gasteiger partial charge is 0.325 e. The molecule has 0 aromatic rings. The minimum Gasteiger partial charge on any atom is -0.480 e. The molecule has 1 atom stereocenters. The first-order chi connectivity index (χ1) is 4.57. The van der Waals surface area contributed by atoms with Gasteiger partial charge in [-0.05, 0) is 6.92 Å². The van der Waals surface area contributed by atoms with Crippen molar-refractivity contribution in [2.75, 3.05) is 6.54 Å². The summed E-state index contributed by atoms with van der Waals surface area (Å²) in [4.78, 5) is 20.5. The van der Waals surface area contributed by atoms with Crippen molar-refractivity contribution in [1.29, 1.82) is 0 Å². The molecule has 0 aromatic carbocycles. The molecule has 1 unspecified atom stereocenters. The first kappa shape index (κ1) is 17.5. The number of carboxylic acids is 1. The third-order valence-electron chi connectivity index (χ3n) is 0.933. The second kappa shape index (κ2) is 8.58. The van der Waals surface area contributed by atoms with Crippen LogP contribution >= 0.6 is 24.8 Å². The van der Waals surface area contributed by atoms with Gasteiger partial charge in [-0.1, -0.05) is 0 Å². The Kier molecular flexibility index (Phi) is 12.5. The van der Waals surface area contributed by atoms with Crippen molar-refractivity contribution in [3.05, 3.63) is 0 Å². The molecule has 7 heteroatoms. The van der Waals surface area contributed by atoms with Crippen LogP contribution in [-0.2, 0) is 9.59 Å². The number of carbonyl (C=O) groups excluding carboxylic acids is 1. The van der Waals surface area contributed by atoms with Crippen LogP contribution in [0.5, 0.6) is 0 Å². The molecule has 5 nitrogen and oxygen atoms in total. The van der Waals surface area contributed by atoms with Crippen molar-refractivity contribution in [3.8, 4) is 0 Å². The standard InChI is InChI=1S/C5H10N2O3.2ClH/c1-3(5(9)10)7-4(8)2-6;;/h3H,2,6H2,1H3,(H,7,8)(H,9,10);2*1H. The minimum atomic E-state index is -1.07. The van der Waals surface area contributed by atoms with Gasteiger partial charge in [-0.2, -0.15) is 0 Å². The highest BCUT2D eigenvalue weighted by molar-refractivity contribution is 5.85. The van der Waals surface area contributed by atoms with E-state index in [2.05, 4.69) is 5.32 Å². The van der Waals surface area contributed by atoms with Crippen molar-refractivity contribution in [1.82, 2.24) is 5.32 Å². The monoisotopic (exact) mass is 218 g/mol. The molecule has 74 valence electrons. The maximum atomic E-state index is 10.4. The lowest BCUT2D eigenvalue weighted by molar-refractivity contribution is -0.141. The lowest BCUT2D eigenvalue weighted by atomic mass is 10.3. The summed E-state index contributed by atoms with van der Waals surface area (Å²) in [6, 6.07) is -0.865. The van der Waals surface area contributed by atoms with Gasteiger partial charge in [0.2, 0.25) is 5.91 Å². The summed E-state index contributed by atoms with van der Waals surface area (Å²) < 4.78 is 0. The van der Waals surface area contributed by atoms with E-state index >= 15 is 0 Å². The van der Waals surface area contributed by atoms with E-state index in [9.17, 15) is 9.59 Å². The molecule has 0 saturated heterocycles. The molecule has 0 bridgehead atoms. The highest BCUT2D eigenvalue weighted by Gasteiger charge is 2.11. The van der Waals surface area contributed by atoms with Gasteiger partial charge in [0.15, 0.2) is 0 Å². The maximum Gasteiger partial charge on any atom is 0.325 e. The van der Waals surface area contributed by atoms with Crippen molar-refractivity contribution >= 4 is 36.7 Å². The zero-order chi connectivity index (χ0) is 8.15. The predicted octanol–water partition coefficient (Wildman–Crippen LogP) is -0.622. The highest BCUT2D eigenvalue weighted by Crippen LogP contribution is 1.78. The van der Waals surface area contributed by atoms with Gasteiger partial charge in [0.25, 0.3) is 0 Å². The normalized spacial score (nSPS) is 10.2. The molecular formula is C5H12Cl2N2O3. The third-order valence-corrected chi connectivity index (χ3v) is 0.933. The Labute approximate surface area is 82.5 Å². The zero-order valence-electron chi connectivity index (χ0n) is 6.44. The largest absolute Gasteiger partial charge is 0.480 e. The second-order valence-corrected chi connectivity index (χ2v) is 1.83. The number of hydrogen-bond donors (Lipinski definition) is 3. The van der Waals surface area contributed by atoms with Crippen LogP contribution in [0.15, 0.2) is 0 Å². The molecule has 0 rings (SSSR count). The molecule has 12 heavy (non-hydrogen) atoms. The molecule has 0 spiro atoms. The van der Waals surface area contributed by atoms with Crippen LogP contribution < -0.4 is 11.1 Å². The molecule has 4 N–H and O–H groups in total. The number of amides is 1. The number of aliphatic carboxylic acids is 1. The fraction of sp³-hybridized carbons (Fsp3) is 0.600. The number of carboxylic acid groups (broad SMARTS) is 1. The predicted molar refractivity (Wildman–Crippen MR) is 48.8 cm³/mol. The van der Waals surface area contributed by atoms with Crippen LogP contribution in [0.1, 0.15) is 6.92 Å². The summed E-state index contributed by atoms with van der Waals surface area (Å²) in [7, 11) is 0. The van der Waals surface area contributed by atoms with Crippen LogP contribution in [0, 0.1) is 0 Å². The zero-order valence-corrected chi connectivity index (χ0v) is 8.08. The second-order valence-electron chi connectivity index (χ2n) is 1.83. The summed E-state index contributed by atoms with van der Waals surface area (Å²) in [6.07, 6.45) is 0. The molecule has 0 fully saturated rings. The summed E-state index contributed by atoms with van der Waals surface area (Å²) >= 11 is 0. The Morgan fingerprint density at radius 3 is 2.17 bits per heavy atom. The van der Waals surface area contributed by atoms with Crippen molar-refractivity contribution in [3.63, 3.8) is 0 Å². The van der Waals surface area contributed by atoms with Gasteiger partial charge in [0.1, 0.15) is 6.04 Å². The van der Waals surface area contributed by atoms with E-state index in [0.717, 1.165) is 0 Å². The van der Waals surface area contributed by atoms with Gasteiger partial charge in [-0.15, -0.1) is 24.8 Å². The van der Waals surface area contributed by atoms with E-state index < -0.39 is 17.9 Å². The molecular weight excluding hydrogens is 207 g/mol. The van der Waals surface area contributed by atoms with Gasteiger partial charge in [0.05, 0.1) is 6.54 Å². The Hall–Kier alpha value is -0.520. The fourth-order valence-corrected chi connectivity index (χ4v) is 0.362. The molecule has 0 saturated carbocycles. The van der Waals surface area contributed by atoms with Crippen LogP contribution in [0.25, 0.3) is 0 Å². The molecule has 1 amide bonds. The number of hydrogen-bond acceptors (Lipinski definition) is 3. The van der Waals surface area contributed by atoms with E-state index in [4.69, 9.17) is 10.8 Å². The fourth-order valence-electron chi connectivity index (χ4n) is 0.362. The minimum absolute atomic E-state index is 0. The quantitative estimate of drug-likeness (QED) is 0.589. The van der Waals surface area contributed by atoms with E-state index in [-0.39, 0.29) is 31.4 Å². The number of halogens is 2. The number of carbonyl (C=O) groups is 2. The van der Waals surface area contributed by atoms with Gasteiger partial charge >= 0.3 is 5.97 Å². The summed E-state index contributed by atoms with van der Waals surface area (Å²) in [5, 5.41) is 10.4. The van der Waals surface area contributed by atoms with Gasteiger partial charge in [-0.3, -0.25) is 9.59 Å². The summed E-state index contributed by atoms with van der Waals surface area (Å²) in [5.74, 6) is -1.53. The van der Waals surface area contributed by atoms with Gasteiger partial charge in [0, 0.05) is 0 Å². The maximum absolute atomic E-state index is 10.4. The van der Waals surface area contributed by atoms with Crippen molar-refractivity contribution in [2.45, 2.75) is 13.0 Å². The molecule has 0 aliphatic rings. The molecule has 0 heterocycles. The number of nitrogens with two attached hydrogens (primary N) is 1. The van der Waals surface area contributed by atoms with E-state index in [1.54, 1.807) is 0 Å². The molecule has 0 aliphatic carbocycles. The Morgan fingerprint density at radius 1 is 1.50 bits per heavy atom. The molecule has 0 radical (unpaired) electrons. The van der Waals surface area contributed by atoms with Crippen molar-refractivity contribution in [2.24, 2.45) is 5.73 Å². The Morgan fingerprint density at radius 2 is 1.92 bits per heavy atom. The first-order valence-corrected chi connectivity index (χ1v) is 2.80. The summed E-state index contributed by atoms with van der Waals surface area (Å²) in [5.41, 5.74) is 4.92. The topological polar surface area (TPSA) is 92.4 Å². The van der Waals surface area contributed by atoms with Crippen LogP contribution in [-0.4, -0.2) is 29.6 Å². The first-order valence-electron chi connectivity index (χ1n) is 2.80. The van der Waals surface area contributed by atoms with E-state index in [1.165, 1.54) is 6.92 Å². The van der Waals surface area contributed by atoms with E-state index in [1.807, 2.05) is 0 Å². The number of rotatable bonds is 3. The highest BCUT2D eigenvalue weighted by atomic mass is 35.5. The lowest BCUT2D eigenvalue weighted by Gasteiger charge is -2.06. The average molecular weight is 219 g/mol. The van der Waals surface area contributed by atoms with Gasteiger partial charge < -0.3 is 16.2 Å². The third kappa shape index (κ3) is 7.59. The Bertz CT molecular complexity index is 154. The SMILES string of the molecule is CC(NC(=O)CN)C(=O)O.Cl.Cl. The average Bonchev–Trinajstić information content (AvgIpc) is 1.87. The molecule has 0 aromatic heterocycles. The van der Waals surface area contributed by atoms with E-state index in [0.29, 0.717) is 0 Å². The Balaban J connectivity index is -0.000000405.